The number of carbonyl (C=O) groups excluding carboxylic acids is 1. The fourth-order valence-corrected chi connectivity index (χ4v) is 3.58. The van der Waals surface area contributed by atoms with E-state index >= 15 is 0 Å². The van der Waals surface area contributed by atoms with Crippen molar-refractivity contribution in [2.75, 3.05) is 7.11 Å². The van der Waals surface area contributed by atoms with E-state index in [9.17, 15) is 14.0 Å². The van der Waals surface area contributed by atoms with E-state index in [2.05, 4.69) is 9.72 Å². The standard InChI is InChI=1S/C20H19FN2O4S/c1-12-16(10-13-4-6-14(21)7-5-13)18(24)23(2)20(22-12)28-11-15-8-9-17(27-15)19(25)26-3/h4-9H,10-11H2,1-3H3. The summed E-state index contributed by atoms with van der Waals surface area (Å²) in [6.45, 7) is 1.78. The number of rotatable bonds is 6. The summed E-state index contributed by atoms with van der Waals surface area (Å²) in [5, 5.41) is 0.543. The zero-order valence-corrected chi connectivity index (χ0v) is 16.5. The number of carbonyl (C=O) groups is 1. The van der Waals surface area contributed by atoms with Crippen LogP contribution in [0.3, 0.4) is 0 Å². The van der Waals surface area contributed by atoms with Gasteiger partial charge in [0.25, 0.3) is 5.56 Å². The van der Waals surface area contributed by atoms with E-state index in [1.807, 2.05) is 0 Å². The summed E-state index contributed by atoms with van der Waals surface area (Å²) >= 11 is 1.33. The number of methoxy groups -OCH3 is 1. The first-order chi connectivity index (χ1) is 13.4. The number of aryl methyl sites for hydroxylation is 1. The van der Waals surface area contributed by atoms with Crippen LogP contribution in [-0.2, 0) is 24.0 Å². The Balaban J connectivity index is 1.78. The molecule has 0 aliphatic rings. The lowest BCUT2D eigenvalue weighted by Gasteiger charge is -2.11. The van der Waals surface area contributed by atoms with Crippen molar-refractivity contribution in [3.63, 3.8) is 0 Å². The highest BCUT2D eigenvalue weighted by atomic mass is 32.2. The van der Waals surface area contributed by atoms with Crippen molar-refractivity contribution in [2.45, 2.75) is 24.3 Å². The molecule has 0 bridgehead atoms. The van der Waals surface area contributed by atoms with Gasteiger partial charge in [-0.15, -0.1) is 0 Å². The predicted molar refractivity (Wildman–Crippen MR) is 103 cm³/mol. The largest absolute Gasteiger partial charge is 0.463 e. The monoisotopic (exact) mass is 402 g/mol. The molecule has 0 aliphatic carbocycles. The van der Waals surface area contributed by atoms with Crippen molar-refractivity contribution in [1.82, 2.24) is 9.55 Å². The van der Waals surface area contributed by atoms with Gasteiger partial charge in [0.1, 0.15) is 11.6 Å². The quantitative estimate of drug-likeness (QED) is 0.357. The fourth-order valence-electron chi connectivity index (χ4n) is 2.67. The molecule has 3 aromatic rings. The number of benzene rings is 1. The molecule has 0 aliphatic heterocycles. The van der Waals surface area contributed by atoms with E-state index in [1.54, 1.807) is 38.2 Å². The highest BCUT2D eigenvalue weighted by Gasteiger charge is 2.15. The summed E-state index contributed by atoms with van der Waals surface area (Å²) in [5.74, 6) is 0.265. The molecule has 3 rings (SSSR count). The first-order valence-corrected chi connectivity index (χ1v) is 9.48. The van der Waals surface area contributed by atoms with Gasteiger partial charge in [0.2, 0.25) is 5.76 Å². The van der Waals surface area contributed by atoms with E-state index in [0.717, 1.165) is 5.56 Å². The fraction of sp³-hybridized carbons (Fsp3) is 0.250. The minimum Gasteiger partial charge on any atom is -0.463 e. The van der Waals surface area contributed by atoms with E-state index in [1.165, 1.54) is 35.6 Å². The Kier molecular flexibility index (Phi) is 5.99. The maximum Gasteiger partial charge on any atom is 0.373 e. The van der Waals surface area contributed by atoms with Crippen LogP contribution in [0.4, 0.5) is 4.39 Å². The Morgan fingerprint density at radius 1 is 1.25 bits per heavy atom. The second kappa shape index (κ2) is 8.43. The molecule has 8 heteroatoms. The molecule has 146 valence electrons. The number of furan rings is 1. The van der Waals surface area contributed by atoms with Crippen molar-refractivity contribution < 1.29 is 18.3 Å². The first-order valence-electron chi connectivity index (χ1n) is 8.50. The Morgan fingerprint density at radius 2 is 1.96 bits per heavy atom. The zero-order valence-electron chi connectivity index (χ0n) is 15.7. The first kappa shape index (κ1) is 19.9. The summed E-state index contributed by atoms with van der Waals surface area (Å²) in [7, 11) is 2.95. The Hall–Kier alpha value is -2.87. The van der Waals surface area contributed by atoms with E-state index in [4.69, 9.17) is 4.42 Å². The molecule has 0 radical (unpaired) electrons. The molecule has 1 aromatic carbocycles. The Bertz CT molecular complexity index is 1060. The number of nitrogens with zero attached hydrogens (tertiary/aromatic N) is 2. The molecular weight excluding hydrogens is 383 g/mol. The average Bonchev–Trinajstić information content (AvgIpc) is 3.17. The maximum absolute atomic E-state index is 13.1. The van der Waals surface area contributed by atoms with Crippen LogP contribution in [0.1, 0.15) is 33.1 Å². The van der Waals surface area contributed by atoms with Crippen LogP contribution in [0.25, 0.3) is 0 Å². The number of halogens is 1. The Morgan fingerprint density at radius 3 is 2.64 bits per heavy atom. The highest BCUT2D eigenvalue weighted by molar-refractivity contribution is 7.98. The predicted octanol–water partition coefficient (Wildman–Crippen LogP) is 3.49. The van der Waals surface area contributed by atoms with Crippen LogP contribution >= 0.6 is 11.8 Å². The molecule has 28 heavy (non-hydrogen) atoms. The highest BCUT2D eigenvalue weighted by Crippen LogP contribution is 2.22. The molecule has 0 spiro atoms. The van der Waals surface area contributed by atoms with Crippen molar-refractivity contribution in [3.8, 4) is 0 Å². The molecule has 0 fully saturated rings. The number of esters is 1. The van der Waals surface area contributed by atoms with E-state index < -0.39 is 5.97 Å². The molecule has 0 atom stereocenters. The van der Waals surface area contributed by atoms with Gasteiger partial charge in [-0.05, 0) is 36.8 Å². The second-order valence-corrected chi connectivity index (χ2v) is 7.11. The molecule has 0 amide bonds. The number of hydrogen-bond donors (Lipinski definition) is 0. The summed E-state index contributed by atoms with van der Waals surface area (Å²) in [6.07, 6.45) is 0.386. The lowest BCUT2D eigenvalue weighted by molar-refractivity contribution is 0.0563. The van der Waals surface area contributed by atoms with Crippen molar-refractivity contribution >= 4 is 17.7 Å². The minimum absolute atomic E-state index is 0.130. The number of thioether (sulfide) groups is 1. The van der Waals surface area contributed by atoms with Crippen molar-refractivity contribution in [2.24, 2.45) is 7.05 Å². The maximum atomic E-state index is 13.1. The minimum atomic E-state index is -0.539. The topological polar surface area (TPSA) is 74.3 Å². The van der Waals surface area contributed by atoms with Gasteiger partial charge in [0.05, 0.1) is 12.9 Å². The van der Waals surface area contributed by atoms with Gasteiger partial charge in [0.15, 0.2) is 5.16 Å². The summed E-state index contributed by atoms with van der Waals surface area (Å²) in [5.41, 5.74) is 1.90. The van der Waals surface area contributed by atoms with Crippen molar-refractivity contribution in [3.05, 3.63) is 80.9 Å². The van der Waals surface area contributed by atoms with Gasteiger partial charge in [0, 0.05) is 24.7 Å². The van der Waals surface area contributed by atoms with Crippen LogP contribution in [0.15, 0.2) is 50.8 Å². The normalized spacial score (nSPS) is 10.9. The lowest BCUT2D eigenvalue weighted by Crippen LogP contribution is -2.25. The molecular formula is C20H19FN2O4S. The van der Waals surface area contributed by atoms with Gasteiger partial charge in [-0.25, -0.2) is 14.2 Å². The Labute approximate surface area is 165 Å². The van der Waals surface area contributed by atoms with Gasteiger partial charge in [-0.2, -0.15) is 0 Å². The third-order valence-electron chi connectivity index (χ3n) is 4.24. The number of hydrogen-bond acceptors (Lipinski definition) is 6. The van der Waals surface area contributed by atoms with Gasteiger partial charge < -0.3 is 9.15 Å². The number of ether oxygens (including phenoxy) is 1. The van der Waals surface area contributed by atoms with Crippen LogP contribution < -0.4 is 5.56 Å². The lowest BCUT2D eigenvalue weighted by atomic mass is 10.1. The summed E-state index contributed by atoms with van der Waals surface area (Å²) in [6, 6.07) is 9.30. The van der Waals surface area contributed by atoms with Gasteiger partial charge >= 0.3 is 5.97 Å². The van der Waals surface area contributed by atoms with E-state index in [-0.39, 0.29) is 17.1 Å². The number of aromatic nitrogens is 2. The third kappa shape index (κ3) is 4.33. The van der Waals surface area contributed by atoms with Gasteiger partial charge in [-0.3, -0.25) is 9.36 Å². The van der Waals surface area contributed by atoms with E-state index in [0.29, 0.717) is 34.3 Å². The zero-order chi connectivity index (χ0) is 20.3. The van der Waals surface area contributed by atoms with Crippen LogP contribution in [-0.4, -0.2) is 22.6 Å². The SMILES string of the molecule is COC(=O)c1ccc(CSc2nc(C)c(Cc3ccc(F)cc3)c(=O)n2C)o1. The van der Waals surface area contributed by atoms with Crippen LogP contribution in [0, 0.1) is 12.7 Å². The molecule has 2 heterocycles. The van der Waals surface area contributed by atoms with Crippen molar-refractivity contribution in [1.29, 1.82) is 0 Å². The average molecular weight is 402 g/mol. The molecule has 0 saturated heterocycles. The van der Waals surface area contributed by atoms with Crippen LogP contribution in [0.5, 0.6) is 0 Å². The summed E-state index contributed by atoms with van der Waals surface area (Å²) in [4.78, 5) is 28.8. The molecule has 0 saturated carbocycles. The molecule has 0 N–H and O–H groups in total. The summed E-state index contributed by atoms with van der Waals surface area (Å²) < 4.78 is 24.6. The smallest absolute Gasteiger partial charge is 0.373 e. The molecule has 6 nitrogen and oxygen atoms in total. The van der Waals surface area contributed by atoms with Gasteiger partial charge in [-0.1, -0.05) is 23.9 Å². The van der Waals surface area contributed by atoms with Crippen LogP contribution in [0.2, 0.25) is 0 Å². The second-order valence-electron chi connectivity index (χ2n) is 6.17. The molecule has 2 aromatic heterocycles. The molecule has 0 unspecified atom stereocenters. The third-order valence-corrected chi connectivity index (χ3v) is 5.29.